The number of aromatic nitrogens is 1. The highest BCUT2D eigenvalue weighted by atomic mass is 16.5. The molecule has 0 aliphatic heterocycles. The van der Waals surface area contributed by atoms with E-state index in [1.54, 1.807) is 0 Å². The van der Waals surface area contributed by atoms with Crippen molar-refractivity contribution in [1.29, 1.82) is 0 Å². The molecule has 0 aliphatic carbocycles. The van der Waals surface area contributed by atoms with Gasteiger partial charge in [0.2, 0.25) is 0 Å². The van der Waals surface area contributed by atoms with Gasteiger partial charge in [0.15, 0.2) is 5.76 Å². The van der Waals surface area contributed by atoms with Gasteiger partial charge in [-0.3, -0.25) is 4.90 Å². The predicted octanol–water partition coefficient (Wildman–Crippen LogP) is 1.80. The molecule has 0 atom stereocenters. The molecule has 5 heteroatoms. The van der Waals surface area contributed by atoms with Crippen LogP contribution >= 0.6 is 0 Å². The lowest BCUT2D eigenvalue weighted by Gasteiger charge is -2.16. The second-order valence-electron chi connectivity index (χ2n) is 6.20. The third kappa shape index (κ3) is 7.62. The van der Waals surface area contributed by atoms with Crippen LogP contribution in [-0.4, -0.2) is 55.7 Å². The summed E-state index contributed by atoms with van der Waals surface area (Å²) in [6.45, 7) is 9.20. The first kappa shape index (κ1) is 17.1. The molecular weight excluding hydrogens is 252 g/mol. The van der Waals surface area contributed by atoms with Crippen LogP contribution in [0.25, 0.3) is 0 Å². The fourth-order valence-corrected chi connectivity index (χ4v) is 2.00. The highest BCUT2D eigenvalue weighted by Gasteiger charge is 2.07. The molecule has 1 heterocycles. The zero-order valence-electron chi connectivity index (χ0n) is 13.6. The van der Waals surface area contributed by atoms with Crippen LogP contribution in [0.2, 0.25) is 0 Å². The van der Waals surface area contributed by atoms with E-state index < -0.39 is 0 Å². The Bertz CT molecular complexity index is 363. The summed E-state index contributed by atoms with van der Waals surface area (Å²) in [4.78, 5) is 4.48. The van der Waals surface area contributed by atoms with Crippen molar-refractivity contribution in [1.82, 2.24) is 20.3 Å². The maximum Gasteiger partial charge on any atom is 0.151 e. The summed E-state index contributed by atoms with van der Waals surface area (Å²) >= 11 is 0. The van der Waals surface area contributed by atoms with Crippen molar-refractivity contribution in [2.75, 3.05) is 40.8 Å². The summed E-state index contributed by atoms with van der Waals surface area (Å²) in [5.74, 6) is 1.60. The second kappa shape index (κ2) is 9.10. The van der Waals surface area contributed by atoms with Crippen molar-refractivity contribution in [3.63, 3.8) is 0 Å². The molecule has 0 aliphatic rings. The largest absolute Gasteiger partial charge is 0.360 e. The summed E-state index contributed by atoms with van der Waals surface area (Å²) in [6.07, 6.45) is 1.17. The maximum absolute atomic E-state index is 5.38. The molecule has 20 heavy (non-hydrogen) atoms. The summed E-state index contributed by atoms with van der Waals surface area (Å²) in [5, 5.41) is 7.48. The summed E-state index contributed by atoms with van der Waals surface area (Å²) in [6, 6.07) is 2.05. The Balaban J connectivity index is 2.25. The van der Waals surface area contributed by atoms with Gasteiger partial charge in [-0.25, -0.2) is 0 Å². The molecule has 1 N–H and O–H groups in total. The minimum absolute atomic E-state index is 0.657. The third-order valence-corrected chi connectivity index (χ3v) is 3.04. The van der Waals surface area contributed by atoms with Crippen LogP contribution in [0.1, 0.15) is 31.7 Å². The van der Waals surface area contributed by atoms with Crippen LogP contribution in [0.15, 0.2) is 10.6 Å². The van der Waals surface area contributed by atoms with E-state index in [9.17, 15) is 0 Å². The monoisotopic (exact) mass is 282 g/mol. The van der Waals surface area contributed by atoms with Gasteiger partial charge in [0.05, 0.1) is 12.2 Å². The van der Waals surface area contributed by atoms with Crippen molar-refractivity contribution in [2.45, 2.75) is 33.4 Å². The maximum atomic E-state index is 5.38. The highest BCUT2D eigenvalue weighted by Crippen LogP contribution is 2.07. The van der Waals surface area contributed by atoms with Crippen LogP contribution in [0.3, 0.4) is 0 Å². The predicted molar refractivity (Wildman–Crippen MR) is 82.6 cm³/mol. The fourth-order valence-electron chi connectivity index (χ4n) is 2.00. The highest BCUT2D eigenvalue weighted by molar-refractivity contribution is 5.05. The van der Waals surface area contributed by atoms with Gasteiger partial charge in [-0.15, -0.1) is 0 Å². The van der Waals surface area contributed by atoms with Crippen molar-refractivity contribution in [2.24, 2.45) is 5.92 Å². The molecule has 0 saturated heterocycles. The van der Waals surface area contributed by atoms with Crippen molar-refractivity contribution >= 4 is 0 Å². The van der Waals surface area contributed by atoms with Gasteiger partial charge < -0.3 is 14.7 Å². The smallest absolute Gasteiger partial charge is 0.151 e. The molecule has 1 aromatic heterocycles. The first-order valence-corrected chi connectivity index (χ1v) is 7.46. The Labute approximate surface area is 123 Å². The third-order valence-electron chi connectivity index (χ3n) is 3.04. The Morgan fingerprint density at radius 2 is 2.00 bits per heavy atom. The zero-order valence-corrected chi connectivity index (χ0v) is 13.6. The second-order valence-corrected chi connectivity index (χ2v) is 6.20. The Hall–Kier alpha value is -0.910. The molecule has 116 valence electrons. The van der Waals surface area contributed by atoms with E-state index in [1.165, 1.54) is 6.42 Å². The molecule has 0 aromatic carbocycles. The number of nitrogens with one attached hydrogen (secondary N) is 1. The average molecular weight is 282 g/mol. The molecule has 0 spiro atoms. The molecular formula is C15H30N4O. The van der Waals surface area contributed by atoms with Crippen LogP contribution in [0, 0.1) is 5.92 Å². The van der Waals surface area contributed by atoms with E-state index in [0.29, 0.717) is 5.92 Å². The average Bonchev–Trinajstić information content (AvgIpc) is 2.75. The summed E-state index contributed by atoms with van der Waals surface area (Å²) < 4.78 is 5.38. The van der Waals surface area contributed by atoms with Crippen molar-refractivity contribution in [3.8, 4) is 0 Å². The van der Waals surface area contributed by atoms with Gasteiger partial charge in [0.25, 0.3) is 0 Å². The lowest BCUT2D eigenvalue weighted by molar-refractivity contribution is 0.257. The van der Waals surface area contributed by atoms with Crippen LogP contribution in [0.5, 0.6) is 0 Å². The first-order chi connectivity index (χ1) is 9.47. The lowest BCUT2D eigenvalue weighted by atomic mass is 10.2. The van der Waals surface area contributed by atoms with E-state index >= 15 is 0 Å². The normalized spacial score (nSPS) is 12.0. The van der Waals surface area contributed by atoms with E-state index in [0.717, 1.165) is 44.2 Å². The number of nitrogens with zero attached hydrogens (tertiary/aromatic N) is 3. The van der Waals surface area contributed by atoms with E-state index in [4.69, 9.17) is 4.52 Å². The van der Waals surface area contributed by atoms with Gasteiger partial charge >= 0.3 is 0 Å². The minimum Gasteiger partial charge on any atom is -0.360 e. The molecule has 1 rings (SSSR count). The lowest BCUT2D eigenvalue weighted by Crippen LogP contribution is -2.23. The number of rotatable bonds is 10. The van der Waals surface area contributed by atoms with E-state index in [2.05, 4.69) is 61.3 Å². The summed E-state index contributed by atoms with van der Waals surface area (Å²) in [7, 11) is 6.33. The van der Waals surface area contributed by atoms with Gasteiger partial charge in [0, 0.05) is 12.6 Å². The van der Waals surface area contributed by atoms with Crippen molar-refractivity contribution in [3.05, 3.63) is 17.5 Å². The Kier molecular flexibility index (Phi) is 7.80. The Morgan fingerprint density at radius 1 is 1.25 bits per heavy atom. The molecule has 0 amide bonds. The number of hydrogen-bond acceptors (Lipinski definition) is 5. The van der Waals surface area contributed by atoms with Crippen molar-refractivity contribution < 1.29 is 4.52 Å². The quantitative estimate of drug-likeness (QED) is 0.709. The molecule has 0 saturated carbocycles. The SMILES string of the molecule is CC(C)CNCc1cc(CN(C)CCCN(C)C)on1. The summed E-state index contributed by atoms with van der Waals surface area (Å²) in [5.41, 5.74) is 0.988. The first-order valence-electron chi connectivity index (χ1n) is 7.46. The topological polar surface area (TPSA) is 44.5 Å². The standard InChI is InChI=1S/C15H30N4O/c1-13(2)10-16-11-14-9-15(20-17-14)12-19(5)8-6-7-18(3)4/h9,13,16H,6-8,10-12H2,1-5H3. The Morgan fingerprint density at radius 3 is 2.65 bits per heavy atom. The van der Waals surface area contributed by atoms with Crippen LogP contribution in [-0.2, 0) is 13.1 Å². The molecule has 0 radical (unpaired) electrons. The van der Waals surface area contributed by atoms with Crippen LogP contribution in [0.4, 0.5) is 0 Å². The van der Waals surface area contributed by atoms with E-state index in [1.807, 2.05) is 0 Å². The number of hydrogen-bond donors (Lipinski definition) is 1. The molecule has 5 nitrogen and oxygen atoms in total. The van der Waals surface area contributed by atoms with Gasteiger partial charge in [-0.1, -0.05) is 19.0 Å². The fraction of sp³-hybridized carbons (Fsp3) is 0.800. The zero-order chi connectivity index (χ0) is 15.0. The van der Waals surface area contributed by atoms with Gasteiger partial charge in [-0.2, -0.15) is 0 Å². The molecule has 0 fully saturated rings. The molecule has 1 aromatic rings. The molecule has 0 unspecified atom stereocenters. The van der Waals surface area contributed by atoms with Crippen LogP contribution < -0.4 is 5.32 Å². The molecule has 0 bridgehead atoms. The van der Waals surface area contributed by atoms with Gasteiger partial charge in [-0.05, 0) is 53.1 Å². The van der Waals surface area contributed by atoms with Gasteiger partial charge in [0.1, 0.15) is 0 Å². The minimum atomic E-state index is 0.657. The van der Waals surface area contributed by atoms with E-state index in [-0.39, 0.29) is 0 Å².